The smallest absolute Gasteiger partial charge is 0.408 e. The molecule has 2 aromatic heterocycles. The van der Waals surface area contributed by atoms with Crippen LogP contribution in [0.4, 0.5) is 4.79 Å². The molecular weight excluding hydrogens is 300 g/mol. The van der Waals surface area contributed by atoms with Gasteiger partial charge in [0.2, 0.25) is 11.7 Å². The number of rotatable bonds is 4. The Balaban J connectivity index is 2.07. The van der Waals surface area contributed by atoms with Crippen molar-refractivity contribution in [3.05, 3.63) is 29.9 Å². The summed E-state index contributed by atoms with van der Waals surface area (Å²) in [6.45, 7) is 6.89. The van der Waals surface area contributed by atoms with Gasteiger partial charge in [0.25, 0.3) is 0 Å². The first kappa shape index (κ1) is 16.9. The van der Waals surface area contributed by atoms with Gasteiger partial charge < -0.3 is 19.7 Å². The van der Waals surface area contributed by atoms with Gasteiger partial charge in [-0.25, -0.2) is 4.79 Å². The number of carbonyl (C=O) groups excluding carboxylic acids is 1. The van der Waals surface area contributed by atoms with Crippen LogP contribution in [-0.4, -0.2) is 31.9 Å². The summed E-state index contributed by atoms with van der Waals surface area (Å²) in [6.07, 6.45) is 0.996. The summed E-state index contributed by atoms with van der Waals surface area (Å²) in [4.78, 5) is 20.0. The molecule has 1 amide bonds. The van der Waals surface area contributed by atoms with Crippen LogP contribution in [0, 0.1) is 0 Å². The van der Waals surface area contributed by atoms with E-state index in [0.29, 0.717) is 17.1 Å². The van der Waals surface area contributed by atoms with Crippen LogP contribution in [-0.2, 0) is 11.3 Å². The molecule has 2 aromatic rings. The van der Waals surface area contributed by atoms with E-state index in [1.807, 2.05) is 0 Å². The van der Waals surface area contributed by atoms with Crippen molar-refractivity contribution in [1.82, 2.24) is 20.4 Å². The Hall–Kier alpha value is -2.48. The number of nitrogens with zero attached hydrogens (tertiary/aromatic N) is 3. The van der Waals surface area contributed by atoms with Crippen molar-refractivity contribution >= 4 is 6.09 Å². The number of aliphatic hydroxyl groups is 1. The van der Waals surface area contributed by atoms with E-state index >= 15 is 0 Å². The average molecular weight is 320 g/mol. The lowest BCUT2D eigenvalue weighted by atomic mass is 10.2. The number of hydrogen-bond acceptors (Lipinski definition) is 7. The zero-order valence-electron chi connectivity index (χ0n) is 13.5. The molecule has 0 saturated heterocycles. The van der Waals surface area contributed by atoms with E-state index in [1.165, 1.54) is 0 Å². The monoisotopic (exact) mass is 320 g/mol. The molecular formula is C15H20N4O4. The number of nitrogens with one attached hydrogen (secondary N) is 1. The number of pyridine rings is 1. The van der Waals surface area contributed by atoms with Gasteiger partial charge in [-0.2, -0.15) is 4.98 Å². The van der Waals surface area contributed by atoms with Gasteiger partial charge in [-0.3, -0.25) is 4.98 Å². The molecule has 8 nitrogen and oxygen atoms in total. The fraction of sp³-hybridized carbons (Fsp3) is 0.467. The minimum Gasteiger partial charge on any atom is -0.444 e. The lowest BCUT2D eigenvalue weighted by Crippen LogP contribution is -2.34. The Morgan fingerprint density at radius 1 is 1.48 bits per heavy atom. The predicted octanol–water partition coefficient (Wildman–Crippen LogP) is 2.21. The third-order valence-corrected chi connectivity index (χ3v) is 2.78. The fourth-order valence-electron chi connectivity index (χ4n) is 1.78. The largest absolute Gasteiger partial charge is 0.444 e. The van der Waals surface area contributed by atoms with Gasteiger partial charge in [0.1, 0.15) is 11.6 Å². The highest BCUT2D eigenvalue weighted by Crippen LogP contribution is 2.19. The second-order valence-corrected chi connectivity index (χ2v) is 6.02. The van der Waals surface area contributed by atoms with Crippen LogP contribution >= 0.6 is 0 Å². The number of aromatic nitrogens is 3. The standard InChI is InChI=1S/C15H20N4O4/c1-9(17-14(21)22-15(2,3)4)13-18-12(19-23-13)10-5-6-16-11(7-10)8-20/h5-7,9,20H,8H2,1-4H3,(H,17,21)/t9-/m0/s1. The molecule has 0 fully saturated rings. The van der Waals surface area contributed by atoms with Gasteiger partial charge in [-0.1, -0.05) is 5.16 Å². The maximum absolute atomic E-state index is 11.7. The predicted molar refractivity (Wildman–Crippen MR) is 81.2 cm³/mol. The van der Waals surface area contributed by atoms with E-state index in [2.05, 4.69) is 20.4 Å². The topological polar surface area (TPSA) is 110 Å². The third kappa shape index (κ3) is 4.75. The van der Waals surface area contributed by atoms with Crippen molar-refractivity contribution in [2.75, 3.05) is 0 Å². The second kappa shape index (κ2) is 6.74. The molecule has 1 atom stereocenters. The Kier molecular flexibility index (Phi) is 4.95. The Bertz CT molecular complexity index is 678. The van der Waals surface area contributed by atoms with Crippen LogP contribution in [0.3, 0.4) is 0 Å². The summed E-state index contributed by atoms with van der Waals surface area (Å²) >= 11 is 0. The van der Waals surface area contributed by atoms with E-state index in [0.717, 1.165) is 0 Å². The average Bonchev–Trinajstić information content (AvgIpc) is 2.95. The number of alkyl carbamates (subject to hydrolysis) is 1. The molecule has 0 aromatic carbocycles. The van der Waals surface area contributed by atoms with E-state index in [9.17, 15) is 4.79 Å². The quantitative estimate of drug-likeness (QED) is 0.888. The Morgan fingerprint density at radius 2 is 2.22 bits per heavy atom. The van der Waals surface area contributed by atoms with Gasteiger partial charge in [0.05, 0.1) is 12.3 Å². The van der Waals surface area contributed by atoms with E-state index in [-0.39, 0.29) is 12.5 Å². The minimum absolute atomic E-state index is 0.171. The van der Waals surface area contributed by atoms with Crippen LogP contribution < -0.4 is 5.32 Å². The van der Waals surface area contributed by atoms with Crippen molar-refractivity contribution in [2.45, 2.75) is 45.9 Å². The van der Waals surface area contributed by atoms with Crippen LogP contribution in [0.5, 0.6) is 0 Å². The Labute approximate surface area is 133 Å². The number of hydrogen-bond donors (Lipinski definition) is 2. The Morgan fingerprint density at radius 3 is 2.87 bits per heavy atom. The SMILES string of the molecule is C[C@H](NC(=O)OC(C)(C)C)c1nc(-c2ccnc(CO)c2)no1. The minimum atomic E-state index is -0.582. The normalized spacial score (nSPS) is 12.7. The number of carbonyl (C=O) groups is 1. The molecule has 0 saturated carbocycles. The van der Waals surface area contributed by atoms with Gasteiger partial charge in [-0.15, -0.1) is 0 Å². The molecule has 2 rings (SSSR count). The molecule has 124 valence electrons. The highest BCUT2D eigenvalue weighted by Gasteiger charge is 2.21. The molecule has 0 aliphatic rings. The van der Waals surface area contributed by atoms with Crippen molar-refractivity contribution in [3.8, 4) is 11.4 Å². The summed E-state index contributed by atoms with van der Waals surface area (Å²) in [6, 6.07) is 2.88. The van der Waals surface area contributed by atoms with Crippen molar-refractivity contribution in [3.63, 3.8) is 0 Å². The molecule has 0 aliphatic heterocycles. The van der Waals surface area contributed by atoms with Gasteiger partial charge in [-0.05, 0) is 39.8 Å². The molecule has 0 bridgehead atoms. The molecule has 2 N–H and O–H groups in total. The molecule has 0 unspecified atom stereocenters. The molecule has 0 aliphatic carbocycles. The number of ether oxygens (including phenoxy) is 1. The number of amides is 1. The van der Waals surface area contributed by atoms with Crippen molar-refractivity contribution in [1.29, 1.82) is 0 Å². The summed E-state index contributed by atoms with van der Waals surface area (Å²) in [5.74, 6) is 0.614. The second-order valence-electron chi connectivity index (χ2n) is 6.02. The lowest BCUT2D eigenvalue weighted by Gasteiger charge is -2.20. The van der Waals surface area contributed by atoms with Crippen molar-refractivity contribution < 1.29 is 19.2 Å². The van der Waals surface area contributed by atoms with E-state index in [1.54, 1.807) is 46.0 Å². The van der Waals surface area contributed by atoms with Crippen LogP contribution in [0.1, 0.15) is 45.3 Å². The molecule has 8 heteroatoms. The van der Waals surface area contributed by atoms with Gasteiger partial charge >= 0.3 is 6.09 Å². The molecule has 2 heterocycles. The van der Waals surface area contributed by atoms with E-state index < -0.39 is 17.7 Å². The summed E-state index contributed by atoms with van der Waals surface area (Å²) < 4.78 is 10.3. The lowest BCUT2D eigenvalue weighted by molar-refractivity contribution is 0.0499. The maximum atomic E-state index is 11.7. The molecule has 0 radical (unpaired) electrons. The van der Waals surface area contributed by atoms with Crippen molar-refractivity contribution in [2.24, 2.45) is 0 Å². The van der Waals surface area contributed by atoms with Crippen LogP contribution in [0.25, 0.3) is 11.4 Å². The summed E-state index contributed by atoms with van der Waals surface area (Å²) in [5.41, 5.74) is 0.596. The van der Waals surface area contributed by atoms with Gasteiger partial charge in [0.15, 0.2) is 0 Å². The van der Waals surface area contributed by atoms with Crippen LogP contribution in [0.15, 0.2) is 22.9 Å². The van der Waals surface area contributed by atoms with Crippen LogP contribution in [0.2, 0.25) is 0 Å². The first-order chi connectivity index (χ1) is 10.8. The summed E-state index contributed by atoms with van der Waals surface area (Å²) in [7, 11) is 0. The number of aliphatic hydroxyl groups excluding tert-OH is 1. The maximum Gasteiger partial charge on any atom is 0.408 e. The zero-order valence-corrected chi connectivity index (χ0v) is 13.5. The van der Waals surface area contributed by atoms with E-state index in [4.69, 9.17) is 14.4 Å². The first-order valence-electron chi connectivity index (χ1n) is 7.18. The third-order valence-electron chi connectivity index (χ3n) is 2.78. The van der Waals surface area contributed by atoms with Gasteiger partial charge in [0, 0.05) is 11.8 Å². The first-order valence-corrected chi connectivity index (χ1v) is 7.18. The molecule has 0 spiro atoms. The zero-order chi connectivity index (χ0) is 17.0. The molecule has 23 heavy (non-hydrogen) atoms. The highest BCUT2D eigenvalue weighted by atomic mass is 16.6. The highest BCUT2D eigenvalue weighted by molar-refractivity contribution is 5.68. The fourth-order valence-corrected chi connectivity index (χ4v) is 1.78. The summed E-state index contributed by atoms with van der Waals surface area (Å²) in [5, 5.41) is 15.6.